The van der Waals surface area contributed by atoms with Crippen molar-refractivity contribution in [2.75, 3.05) is 0 Å². The number of aromatic nitrogens is 1. The summed E-state index contributed by atoms with van der Waals surface area (Å²) in [6, 6.07) is 10.1. The summed E-state index contributed by atoms with van der Waals surface area (Å²) in [5, 5.41) is 5.53. The number of carbonyl (C=O) groups is 1. The molecule has 3 heterocycles. The Bertz CT molecular complexity index is 861. The first-order valence-electron chi connectivity index (χ1n) is 7.02. The highest BCUT2D eigenvalue weighted by Crippen LogP contribution is 2.29. The smallest absolute Gasteiger partial charge is 0.248 e. The van der Waals surface area contributed by atoms with E-state index in [1.807, 2.05) is 47.6 Å². The minimum atomic E-state index is -0.424. The molecule has 0 spiro atoms. The summed E-state index contributed by atoms with van der Waals surface area (Å²) in [4.78, 5) is 18.0. The van der Waals surface area contributed by atoms with Crippen LogP contribution in [-0.2, 0) is 4.79 Å². The number of pyridine rings is 1. The molecule has 0 saturated carbocycles. The molecule has 2 aliphatic rings. The molecule has 0 aliphatic carbocycles. The van der Waals surface area contributed by atoms with Gasteiger partial charge in [0.1, 0.15) is 6.17 Å². The van der Waals surface area contributed by atoms with Crippen molar-refractivity contribution in [1.82, 2.24) is 15.2 Å². The van der Waals surface area contributed by atoms with Gasteiger partial charge in [0.15, 0.2) is 0 Å². The van der Waals surface area contributed by atoms with Gasteiger partial charge >= 0.3 is 0 Å². The summed E-state index contributed by atoms with van der Waals surface area (Å²) in [5.74, 6) is -0.424. The fourth-order valence-corrected chi connectivity index (χ4v) is 2.87. The lowest BCUT2D eigenvalue weighted by Gasteiger charge is -2.25. The third kappa shape index (κ3) is 1.87. The highest BCUT2D eigenvalue weighted by atomic mass is 16.1. The predicted octanol–water partition coefficient (Wildman–Crippen LogP) is 1.70. The Hall–Kier alpha value is -3.08. The summed E-state index contributed by atoms with van der Waals surface area (Å²) in [7, 11) is 0. The van der Waals surface area contributed by atoms with E-state index in [0.29, 0.717) is 5.57 Å². The van der Waals surface area contributed by atoms with Crippen molar-refractivity contribution in [2.45, 2.75) is 6.17 Å². The van der Waals surface area contributed by atoms with Crippen molar-refractivity contribution in [1.29, 1.82) is 0 Å². The highest BCUT2D eigenvalue weighted by molar-refractivity contribution is 5.96. The van der Waals surface area contributed by atoms with E-state index in [9.17, 15) is 4.79 Å². The summed E-state index contributed by atoms with van der Waals surface area (Å²) >= 11 is 0. The number of nitrogens with one attached hydrogen (secondary N) is 1. The van der Waals surface area contributed by atoms with Crippen LogP contribution < -0.4 is 11.1 Å². The fraction of sp³-hybridized carbons (Fsp3) is 0.0588. The Morgan fingerprint density at radius 1 is 1.27 bits per heavy atom. The maximum absolute atomic E-state index is 11.6. The average molecular weight is 290 g/mol. The average Bonchev–Trinajstić information content (AvgIpc) is 2.97. The zero-order chi connectivity index (χ0) is 15.1. The zero-order valence-corrected chi connectivity index (χ0v) is 11.7. The van der Waals surface area contributed by atoms with Crippen LogP contribution in [0.4, 0.5) is 0 Å². The second-order valence-electron chi connectivity index (χ2n) is 5.25. The van der Waals surface area contributed by atoms with Crippen LogP contribution in [0.3, 0.4) is 0 Å². The number of fused-ring (bicyclic) bond motifs is 2. The Balaban J connectivity index is 1.78. The van der Waals surface area contributed by atoms with Gasteiger partial charge in [-0.1, -0.05) is 24.3 Å². The van der Waals surface area contributed by atoms with Crippen molar-refractivity contribution in [3.05, 3.63) is 72.3 Å². The summed E-state index contributed by atoms with van der Waals surface area (Å²) < 4.78 is 0. The second-order valence-corrected chi connectivity index (χ2v) is 5.25. The monoisotopic (exact) mass is 290 g/mol. The first kappa shape index (κ1) is 12.6. The third-order valence-corrected chi connectivity index (χ3v) is 3.91. The molecule has 22 heavy (non-hydrogen) atoms. The molecule has 5 heteroatoms. The number of rotatable bonds is 2. The van der Waals surface area contributed by atoms with Crippen molar-refractivity contribution in [2.24, 2.45) is 5.73 Å². The van der Waals surface area contributed by atoms with Gasteiger partial charge in [0.05, 0.1) is 17.0 Å². The van der Waals surface area contributed by atoms with Crippen LogP contribution in [-0.4, -0.2) is 22.0 Å². The molecule has 1 atom stereocenters. The minimum absolute atomic E-state index is 0.265. The van der Waals surface area contributed by atoms with E-state index in [1.54, 1.807) is 12.3 Å². The summed E-state index contributed by atoms with van der Waals surface area (Å²) in [5.41, 5.74) is 7.73. The molecule has 3 N–H and O–H groups in total. The highest BCUT2D eigenvalue weighted by Gasteiger charge is 2.31. The first-order valence-corrected chi connectivity index (χ1v) is 7.02. The molecule has 0 fully saturated rings. The van der Waals surface area contributed by atoms with E-state index in [2.05, 4.69) is 16.4 Å². The van der Waals surface area contributed by atoms with Gasteiger partial charge in [0.2, 0.25) is 5.91 Å². The number of nitrogens with zero attached hydrogens (tertiary/aromatic N) is 2. The molecule has 1 amide bonds. The van der Waals surface area contributed by atoms with Crippen LogP contribution >= 0.6 is 0 Å². The van der Waals surface area contributed by atoms with Crippen LogP contribution in [0.25, 0.3) is 16.5 Å². The number of allylic oxidation sites excluding steroid dienone is 2. The third-order valence-electron chi connectivity index (χ3n) is 3.91. The number of nitrogens with two attached hydrogens (primary N) is 1. The number of hydrogen-bond acceptors (Lipinski definition) is 4. The van der Waals surface area contributed by atoms with E-state index in [0.717, 1.165) is 22.2 Å². The molecule has 2 aromatic rings. The lowest BCUT2D eigenvalue weighted by molar-refractivity contribution is -0.115. The predicted molar refractivity (Wildman–Crippen MR) is 84.9 cm³/mol. The topological polar surface area (TPSA) is 71.2 Å². The number of amides is 1. The van der Waals surface area contributed by atoms with Gasteiger partial charge in [-0.2, -0.15) is 0 Å². The van der Waals surface area contributed by atoms with E-state index < -0.39 is 5.91 Å². The van der Waals surface area contributed by atoms with Crippen LogP contribution in [0.15, 0.2) is 66.7 Å². The van der Waals surface area contributed by atoms with Gasteiger partial charge in [0, 0.05) is 24.0 Å². The zero-order valence-electron chi connectivity index (χ0n) is 11.7. The SMILES string of the molecule is NC(=O)C1=CC=CN2C=C(c3nccc4ccccc34)NC12. The lowest BCUT2D eigenvalue weighted by Crippen LogP contribution is -2.40. The molecule has 108 valence electrons. The van der Waals surface area contributed by atoms with E-state index in [-0.39, 0.29) is 6.17 Å². The molecule has 1 aromatic heterocycles. The Morgan fingerprint density at radius 3 is 3.00 bits per heavy atom. The van der Waals surface area contributed by atoms with Crippen molar-refractivity contribution < 1.29 is 4.79 Å². The van der Waals surface area contributed by atoms with Crippen LogP contribution in [0.2, 0.25) is 0 Å². The van der Waals surface area contributed by atoms with Crippen molar-refractivity contribution in [3.8, 4) is 0 Å². The normalized spacial score (nSPS) is 19.5. The maximum atomic E-state index is 11.6. The van der Waals surface area contributed by atoms with Crippen LogP contribution in [0.1, 0.15) is 5.69 Å². The number of benzene rings is 1. The van der Waals surface area contributed by atoms with Crippen LogP contribution in [0, 0.1) is 0 Å². The van der Waals surface area contributed by atoms with E-state index in [4.69, 9.17) is 5.73 Å². The fourth-order valence-electron chi connectivity index (χ4n) is 2.87. The van der Waals surface area contributed by atoms with Crippen LogP contribution in [0.5, 0.6) is 0 Å². The Labute approximate surface area is 127 Å². The number of hydrogen-bond donors (Lipinski definition) is 2. The van der Waals surface area contributed by atoms with Crippen molar-refractivity contribution >= 4 is 22.4 Å². The van der Waals surface area contributed by atoms with Gasteiger partial charge in [0.25, 0.3) is 0 Å². The first-order chi connectivity index (χ1) is 10.7. The van der Waals surface area contributed by atoms with Gasteiger partial charge in [-0.05, 0) is 23.6 Å². The number of primary amides is 1. The van der Waals surface area contributed by atoms with Crippen molar-refractivity contribution in [3.63, 3.8) is 0 Å². The summed E-state index contributed by atoms with van der Waals surface area (Å²) in [6.07, 6.45) is 8.93. The quantitative estimate of drug-likeness (QED) is 0.883. The van der Waals surface area contributed by atoms with E-state index >= 15 is 0 Å². The molecule has 0 radical (unpaired) electrons. The second kappa shape index (κ2) is 4.73. The van der Waals surface area contributed by atoms with Gasteiger partial charge in [-0.25, -0.2) is 0 Å². The standard InChI is InChI=1S/C17H14N4O/c18-16(22)13-6-3-9-21-10-14(20-17(13)21)15-12-5-2-1-4-11(12)7-8-19-15/h1-10,17,20H,(H2,18,22). The minimum Gasteiger partial charge on any atom is -0.366 e. The molecule has 0 saturated heterocycles. The van der Waals surface area contributed by atoms with Gasteiger partial charge in [-0.15, -0.1) is 0 Å². The molecular formula is C17H14N4O. The Morgan fingerprint density at radius 2 is 2.14 bits per heavy atom. The molecule has 0 bridgehead atoms. The lowest BCUT2D eigenvalue weighted by atomic mass is 10.1. The number of carbonyl (C=O) groups excluding carboxylic acids is 1. The molecule has 2 aliphatic heterocycles. The molecule has 5 nitrogen and oxygen atoms in total. The maximum Gasteiger partial charge on any atom is 0.248 e. The van der Waals surface area contributed by atoms with E-state index in [1.165, 1.54) is 0 Å². The largest absolute Gasteiger partial charge is 0.366 e. The summed E-state index contributed by atoms with van der Waals surface area (Å²) in [6.45, 7) is 0. The molecule has 4 rings (SSSR count). The van der Waals surface area contributed by atoms with Gasteiger partial charge in [-0.3, -0.25) is 9.78 Å². The molecular weight excluding hydrogens is 276 g/mol. The molecule has 1 unspecified atom stereocenters. The van der Waals surface area contributed by atoms with Gasteiger partial charge < -0.3 is 16.0 Å². The molecule has 1 aromatic carbocycles. The Kier molecular flexibility index (Phi) is 2.72.